The van der Waals surface area contributed by atoms with Gasteiger partial charge in [-0.15, -0.1) is 0 Å². The first-order chi connectivity index (χ1) is 12.3. The summed E-state index contributed by atoms with van der Waals surface area (Å²) in [4.78, 5) is 2.18. The van der Waals surface area contributed by atoms with Crippen LogP contribution < -0.4 is 9.64 Å². The summed E-state index contributed by atoms with van der Waals surface area (Å²) in [5, 5.41) is 0.320. The van der Waals surface area contributed by atoms with Crippen LogP contribution in [0.15, 0.2) is 41.3 Å². The highest BCUT2D eigenvalue weighted by Crippen LogP contribution is 2.35. The monoisotopic (exact) mass is 414 g/mol. The van der Waals surface area contributed by atoms with E-state index in [0.29, 0.717) is 31.9 Å². The lowest BCUT2D eigenvalue weighted by Gasteiger charge is -2.35. The van der Waals surface area contributed by atoms with Gasteiger partial charge in [-0.3, -0.25) is 0 Å². The number of nitrogens with zero attached hydrogens (tertiary/aromatic N) is 2. The number of hydrogen-bond acceptors (Lipinski definition) is 4. The molecule has 1 aliphatic rings. The molecule has 0 atom stereocenters. The highest BCUT2D eigenvalue weighted by Gasteiger charge is 2.31. The van der Waals surface area contributed by atoms with Crippen molar-refractivity contribution in [1.29, 1.82) is 0 Å². The molecule has 0 bridgehead atoms. The molecule has 3 rings (SSSR count). The van der Waals surface area contributed by atoms with Crippen LogP contribution in [0.4, 0.5) is 5.69 Å². The molecule has 140 valence electrons. The van der Waals surface area contributed by atoms with E-state index < -0.39 is 10.0 Å². The number of halogens is 2. The standard InChI is InChI=1S/C18H20Cl2N2O3S/c1-13-3-5-14(6-4-13)21-7-9-22(10-8-21)26(23,24)18-12-15(19)17(25-2)11-16(18)20/h3-6,11-12H,7-10H2,1-2H3. The van der Waals surface area contributed by atoms with Crippen LogP contribution in [0.25, 0.3) is 0 Å². The van der Waals surface area contributed by atoms with Crippen LogP contribution in [0.3, 0.4) is 0 Å². The minimum Gasteiger partial charge on any atom is -0.495 e. The Morgan fingerprint density at radius 3 is 2.15 bits per heavy atom. The van der Waals surface area contributed by atoms with Gasteiger partial charge in [0.1, 0.15) is 10.6 Å². The molecule has 26 heavy (non-hydrogen) atoms. The van der Waals surface area contributed by atoms with E-state index in [1.807, 2.05) is 6.92 Å². The Morgan fingerprint density at radius 2 is 1.58 bits per heavy atom. The number of sulfonamides is 1. The molecule has 2 aromatic rings. The summed E-state index contributed by atoms with van der Waals surface area (Å²) in [6, 6.07) is 11.0. The Hall–Kier alpha value is -1.47. The molecule has 5 nitrogen and oxygen atoms in total. The number of rotatable bonds is 4. The molecule has 2 aromatic carbocycles. The summed E-state index contributed by atoms with van der Waals surface area (Å²) < 4.78 is 32.5. The van der Waals surface area contributed by atoms with Gasteiger partial charge in [-0.1, -0.05) is 40.9 Å². The smallest absolute Gasteiger partial charge is 0.244 e. The van der Waals surface area contributed by atoms with Gasteiger partial charge >= 0.3 is 0 Å². The van der Waals surface area contributed by atoms with E-state index in [4.69, 9.17) is 27.9 Å². The van der Waals surface area contributed by atoms with Gasteiger partial charge in [0.25, 0.3) is 0 Å². The van der Waals surface area contributed by atoms with Gasteiger partial charge in [-0.25, -0.2) is 8.42 Å². The topological polar surface area (TPSA) is 49.9 Å². The Balaban J connectivity index is 1.78. The summed E-state index contributed by atoms with van der Waals surface area (Å²) in [5.74, 6) is 0.347. The lowest BCUT2D eigenvalue weighted by molar-refractivity contribution is 0.384. The lowest BCUT2D eigenvalue weighted by atomic mass is 10.2. The van der Waals surface area contributed by atoms with Crippen molar-refractivity contribution in [2.45, 2.75) is 11.8 Å². The zero-order valence-electron chi connectivity index (χ0n) is 14.6. The maximum Gasteiger partial charge on any atom is 0.244 e. The number of methoxy groups -OCH3 is 1. The van der Waals surface area contributed by atoms with Crippen molar-refractivity contribution in [2.75, 3.05) is 38.2 Å². The van der Waals surface area contributed by atoms with Gasteiger partial charge in [0.2, 0.25) is 10.0 Å². The summed E-state index contributed by atoms with van der Waals surface area (Å²) in [7, 11) is -2.26. The molecule has 1 heterocycles. The SMILES string of the molecule is COc1cc(Cl)c(S(=O)(=O)N2CCN(c3ccc(C)cc3)CC2)cc1Cl. The Bertz CT molecular complexity index is 893. The van der Waals surface area contributed by atoms with E-state index in [1.165, 1.54) is 29.1 Å². The van der Waals surface area contributed by atoms with Crippen LogP contribution >= 0.6 is 23.2 Å². The molecule has 0 saturated carbocycles. The van der Waals surface area contributed by atoms with Crippen LogP contribution in [-0.2, 0) is 10.0 Å². The molecule has 1 saturated heterocycles. The number of anilines is 1. The van der Waals surface area contributed by atoms with Gasteiger partial charge in [0.15, 0.2) is 0 Å². The highest BCUT2D eigenvalue weighted by molar-refractivity contribution is 7.89. The predicted octanol–water partition coefficient (Wildman–Crippen LogP) is 3.82. The summed E-state index contributed by atoms with van der Waals surface area (Å²) in [6.07, 6.45) is 0. The summed E-state index contributed by atoms with van der Waals surface area (Å²) in [6.45, 7) is 4.04. The van der Waals surface area contributed by atoms with E-state index in [-0.39, 0.29) is 14.9 Å². The van der Waals surface area contributed by atoms with Crippen molar-refractivity contribution in [3.63, 3.8) is 0 Å². The molecule has 0 aromatic heterocycles. The highest BCUT2D eigenvalue weighted by atomic mass is 35.5. The van der Waals surface area contributed by atoms with Gasteiger partial charge in [-0.2, -0.15) is 4.31 Å². The van der Waals surface area contributed by atoms with Crippen molar-refractivity contribution >= 4 is 38.9 Å². The molecular weight excluding hydrogens is 395 g/mol. The third-order valence-electron chi connectivity index (χ3n) is 4.46. The maximum absolute atomic E-state index is 13.0. The van der Waals surface area contributed by atoms with Crippen LogP contribution in [-0.4, -0.2) is 46.0 Å². The Morgan fingerprint density at radius 1 is 0.962 bits per heavy atom. The Kier molecular flexibility index (Phi) is 5.67. The number of aryl methyl sites for hydroxylation is 1. The van der Waals surface area contributed by atoms with Crippen LogP contribution in [0.2, 0.25) is 10.0 Å². The van der Waals surface area contributed by atoms with Crippen LogP contribution in [0, 0.1) is 6.92 Å². The average molecular weight is 415 g/mol. The first kappa shape index (κ1) is 19.3. The van der Waals surface area contributed by atoms with Gasteiger partial charge < -0.3 is 9.64 Å². The molecule has 0 N–H and O–H groups in total. The van der Waals surface area contributed by atoms with Crippen molar-refractivity contribution in [2.24, 2.45) is 0 Å². The Labute approximate surface area is 164 Å². The first-order valence-electron chi connectivity index (χ1n) is 8.17. The molecular formula is C18H20Cl2N2O3S. The van der Waals surface area contributed by atoms with E-state index in [2.05, 4.69) is 29.2 Å². The largest absolute Gasteiger partial charge is 0.495 e. The van der Waals surface area contributed by atoms with Crippen LogP contribution in [0.5, 0.6) is 5.75 Å². The molecule has 0 spiro atoms. The van der Waals surface area contributed by atoms with Crippen molar-refractivity contribution in [1.82, 2.24) is 4.31 Å². The van der Waals surface area contributed by atoms with Crippen LogP contribution in [0.1, 0.15) is 5.56 Å². The number of piperazine rings is 1. The summed E-state index contributed by atoms with van der Waals surface area (Å²) in [5.41, 5.74) is 2.29. The number of ether oxygens (including phenoxy) is 1. The van der Waals surface area contributed by atoms with Gasteiger partial charge in [0, 0.05) is 37.9 Å². The second-order valence-corrected chi connectivity index (χ2v) is 8.86. The van der Waals surface area contributed by atoms with Gasteiger partial charge in [0.05, 0.1) is 17.2 Å². The lowest BCUT2D eigenvalue weighted by Crippen LogP contribution is -2.48. The maximum atomic E-state index is 13.0. The summed E-state index contributed by atoms with van der Waals surface area (Å²) >= 11 is 12.3. The van der Waals surface area contributed by atoms with Gasteiger partial charge in [-0.05, 0) is 25.1 Å². The normalized spacial score (nSPS) is 15.9. The zero-order chi connectivity index (χ0) is 18.9. The van der Waals surface area contributed by atoms with E-state index in [9.17, 15) is 8.42 Å². The molecule has 0 unspecified atom stereocenters. The second-order valence-electron chi connectivity index (χ2n) is 6.14. The van der Waals surface area contributed by atoms with Crippen molar-refractivity contribution < 1.29 is 13.2 Å². The van der Waals surface area contributed by atoms with E-state index in [0.717, 1.165) is 5.69 Å². The average Bonchev–Trinajstić information content (AvgIpc) is 2.64. The number of benzene rings is 2. The first-order valence-corrected chi connectivity index (χ1v) is 10.4. The fraction of sp³-hybridized carbons (Fsp3) is 0.333. The molecule has 0 amide bonds. The second kappa shape index (κ2) is 7.64. The minimum atomic E-state index is -3.72. The molecule has 1 fully saturated rings. The van der Waals surface area contributed by atoms with Crippen molar-refractivity contribution in [3.8, 4) is 5.75 Å². The number of hydrogen-bond donors (Lipinski definition) is 0. The molecule has 8 heteroatoms. The third-order valence-corrected chi connectivity index (χ3v) is 7.12. The molecule has 1 aliphatic heterocycles. The fourth-order valence-electron chi connectivity index (χ4n) is 2.95. The minimum absolute atomic E-state index is 0.00810. The van der Waals surface area contributed by atoms with E-state index >= 15 is 0 Å². The predicted molar refractivity (Wildman–Crippen MR) is 105 cm³/mol. The molecule has 0 aliphatic carbocycles. The third kappa shape index (κ3) is 3.78. The fourth-order valence-corrected chi connectivity index (χ4v) is 5.19. The molecule has 0 radical (unpaired) electrons. The van der Waals surface area contributed by atoms with E-state index in [1.54, 1.807) is 0 Å². The van der Waals surface area contributed by atoms with Crippen molar-refractivity contribution in [3.05, 3.63) is 52.0 Å². The zero-order valence-corrected chi connectivity index (χ0v) is 16.9. The quantitative estimate of drug-likeness (QED) is 0.762.